The summed E-state index contributed by atoms with van der Waals surface area (Å²) in [4.78, 5) is 10.7. The minimum absolute atomic E-state index is 0.0154. The minimum Gasteiger partial charge on any atom is -0.480 e. The molecule has 0 aromatic heterocycles. The summed E-state index contributed by atoms with van der Waals surface area (Å²) in [6.07, 6.45) is 1.18. The van der Waals surface area contributed by atoms with Crippen molar-refractivity contribution in [2.75, 3.05) is 23.3 Å². The second-order valence-electron chi connectivity index (χ2n) is 6.21. The van der Waals surface area contributed by atoms with E-state index in [0.29, 0.717) is 18.5 Å². The summed E-state index contributed by atoms with van der Waals surface area (Å²) in [7, 11) is -3.95. The molecule has 0 amide bonds. The van der Waals surface area contributed by atoms with Crippen LogP contribution < -0.4 is 10.0 Å². The van der Waals surface area contributed by atoms with Gasteiger partial charge in [-0.15, -0.1) is 0 Å². The Bertz CT molecular complexity index is 964. The Labute approximate surface area is 162 Å². The molecule has 144 valence electrons. The number of halogens is 1. The number of aliphatic carboxylic acids is 1. The number of nitrogens with two attached hydrogens (primary N) is 1. The average Bonchev–Trinajstić information content (AvgIpc) is 2.63. The molecule has 2 aromatic carbocycles. The highest BCUT2D eigenvalue weighted by atomic mass is 35.5. The molecule has 27 heavy (non-hydrogen) atoms. The highest BCUT2D eigenvalue weighted by Gasteiger charge is 2.36. The molecule has 3 N–H and O–H groups in total. The van der Waals surface area contributed by atoms with E-state index in [0.717, 1.165) is 5.56 Å². The SMILES string of the molecule is Nc1ccc(S(=O)(=O)N2c3ccccc3CCC2COCC(=O)O)cc1Cl. The largest absolute Gasteiger partial charge is 0.480 e. The van der Waals surface area contributed by atoms with Crippen molar-refractivity contribution in [2.24, 2.45) is 0 Å². The van der Waals surface area contributed by atoms with Crippen molar-refractivity contribution in [3.8, 4) is 0 Å². The van der Waals surface area contributed by atoms with Crippen LogP contribution in [0.2, 0.25) is 5.02 Å². The summed E-state index contributed by atoms with van der Waals surface area (Å²) in [5.41, 5.74) is 7.44. The van der Waals surface area contributed by atoms with Gasteiger partial charge in [0.2, 0.25) is 0 Å². The first-order valence-electron chi connectivity index (χ1n) is 8.27. The zero-order valence-electron chi connectivity index (χ0n) is 14.3. The number of hydrogen-bond acceptors (Lipinski definition) is 5. The molecule has 0 bridgehead atoms. The fourth-order valence-corrected chi connectivity index (χ4v) is 5.09. The second-order valence-corrected chi connectivity index (χ2v) is 8.44. The summed E-state index contributed by atoms with van der Waals surface area (Å²) in [5.74, 6) is -1.11. The first kappa shape index (κ1) is 19.5. The van der Waals surface area contributed by atoms with Crippen LogP contribution in [0.1, 0.15) is 12.0 Å². The lowest BCUT2D eigenvalue weighted by atomic mass is 9.98. The Morgan fingerprint density at radius 3 is 2.74 bits per heavy atom. The number of nitrogens with zero attached hydrogens (tertiary/aromatic N) is 1. The molecule has 1 heterocycles. The van der Waals surface area contributed by atoms with Gasteiger partial charge in [0, 0.05) is 0 Å². The number of carboxylic acid groups (broad SMARTS) is 1. The lowest BCUT2D eigenvalue weighted by molar-refractivity contribution is -0.142. The van der Waals surface area contributed by atoms with Gasteiger partial charge in [-0.3, -0.25) is 4.31 Å². The first-order valence-corrected chi connectivity index (χ1v) is 10.1. The Morgan fingerprint density at radius 1 is 1.30 bits per heavy atom. The fourth-order valence-electron chi connectivity index (χ4n) is 3.11. The summed E-state index contributed by atoms with van der Waals surface area (Å²) in [5, 5.41) is 8.93. The van der Waals surface area contributed by atoms with Gasteiger partial charge >= 0.3 is 5.97 Å². The zero-order valence-corrected chi connectivity index (χ0v) is 15.9. The molecule has 1 aliphatic heterocycles. The molecule has 0 aliphatic carbocycles. The summed E-state index contributed by atoms with van der Waals surface area (Å²) >= 11 is 6.02. The highest BCUT2D eigenvalue weighted by Crippen LogP contribution is 2.36. The van der Waals surface area contributed by atoms with E-state index in [2.05, 4.69) is 0 Å². The van der Waals surface area contributed by atoms with E-state index < -0.39 is 28.6 Å². The van der Waals surface area contributed by atoms with E-state index in [1.54, 1.807) is 12.1 Å². The van der Waals surface area contributed by atoms with E-state index in [-0.39, 0.29) is 22.2 Å². The van der Waals surface area contributed by atoms with Gasteiger partial charge in [0.05, 0.1) is 33.9 Å². The van der Waals surface area contributed by atoms with Crippen LogP contribution in [0.5, 0.6) is 0 Å². The van der Waals surface area contributed by atoms with Gasteiger partial charge < -0.3 is 15.6 Å². The lowest BCUT2D eigenvalue weighted by Gasteiger charge is -2.37. The number of sulfonamides is 1. The van der Waals surface area contributed by atoms with Crippen LogP contribution in [-0.2, 0) is 26.0 Å². The van der Waals surface area contributed by atoms with Gasteiger partial charge in [-0.05, 0) is 42.7 Å². The molecular formula is C18H19ClN2O5S. The van der Waals surface area contributed by atoms with E-state index in [1.165, 1.54) is 22.5 Å². The molecule has 1 aliphatic rings. The molecule has 2 aromatic rings. The van der Waals surface area contributed by atoms with Gasteiger partial charge in [-0.25, -0.2) is 13.2 Å². The number of anilines is 2. The van der Waals surface area contributed by atoms with E-state index in [4.69, 9.17) is 27.2 Å². The third kappa shape index (κ3) is 4.02. The molecule has 0 saturated heterocycles. The Balaban J connectivity index is 2.02. The molecule has 1 unspecified atom stereocenters. The third-order valence-corrected chi connectivity index (χ3v) is 6.56. The quantitative estimate of drug-likeness (QED) is 0.708. The molecular weight excluding hydrogens is 392 g/mol. The Morgan fingerprint density at radius 2 is 2.04 bits per heavy atom. The smallest absolute Gasteiger partial charge is 0.329 e. The molecule has 9 heteroatoms. The van der Waals surface area contributed by atoms with Crippen LogP contribution in [0.3, 0.4) is 0 Å². The number of hydrogen-bond donors (Lipinski definition) is 2. The second kappa shape index (κ2) is 7.75. The van der Waals surface area contributed by atoms with Gasteiger partial charge in [-0.2, -0.15) is 0 Å². The fraction of sp³-hybridized carbons (Fsp3) is 0.278. The standard InChI is InChI=1S/C18H19ClN2O5S/c19-15-9-14(7-8-16(15)20)27(24,25)21-13(10-26-11-18(22)23)6-5-12-3-1-2-4-17(12)21/h1-4,7-9,13H,5-6,10-11,20H2,(H,22,23). The van der Waals surface area contributed by atoms with Crippen LogP contribution in [0.4, 0.5) is 11.4 Å². The van der Waals surface area contributed by atoms with Crippen molar-refractivity contribution >= 4 is 39.0 Å². The van der Waals surface area contributed by atoms with Crippen LogP contribution >= 0.6 is 11.6 Å². The molecule has 0 radical (unpaired) electrons. The highest BCUT2D eigenvalue weighted by molar-refractivity contribution is 7.92. The van der Waals surface area contributed by atoms with E-state index in [9.17, 15) is 13.2 Å². The van der Waals surface area contributed by atoms with Crippen molar-refractivity contribution < 1.29 is 23.1 Å². The maximum atomic E-state index is 13.4. The van der Waals surface area contributed by atoms with Crippen molar-refractivity contribution in [2.45, 2.75) is 23.8 Å². The molecule has 1 atom stereocenters. The maximum absolute atomic E-state index is 13.4. The minimum atomic E-state index is -3.95. The van der Waals surface area contributed by atoms with Crippen LogP contribution in [0.15, 0.2) is 47.4 Å². The molecule has 0 fully saturated rings. The van der Waals surface area contributed by atoms with E-state index >= 15 is 0 Å². The number of ether oxygens (including phenoxy) is 1. The Hall–Kier alpha value is -2.29. The van der Waals surface area contributed by atoms with Crippen molar-refractivity contribution in [1.82, 2.24) is 0 Å². The number of nitrogen functional groups attached to an aromatic ring is 1. The molecule has 3 rings (SSSR count). The number of carbonyl (C=O) groups is 1. The first-order chi connectivity index (χ1) is 12.8. The number of rotatable bonds is 6. The number of aryl methyl sites for hydroxylation is 1. The summed E-state index contributed by atoms with van der Waals surface area (Å²) < 4.78 is 33.3. The van der Waals surface area contributed by atoms with Crippen LogP contribution in [-0.4, -0.2) is 38.7 Å². The van der Waals surface area contributed by atoms with Crippen molar-refractivity contribution in [1.29, 1.82) is 0 Å². The lowest BCUT2D eigenvalue weighted by Crippen LogP contribution is -2.46. The number of carboxylic acids is 1. The summed E-state index contributed by atoms with van der Waals surface area (Å²) in [6, 6.07) is 10.9. The van der Waals surface area contributed by atoms with E-state index in [1.807, 2.05) is 12.1 Å². The van der Waals surface area contributed by atoms with Gasteiger partial charge in [-0.1, -0.05) is 29.8 Å². The van der Waals surface area contributed by atoms with Crippen LogP contribution in [0.25, 0.3) is 0 Å². The van der Waals surface area contributed by atoms with Gasteiger partial charge in [0.15, 0.2) is 0 Å². The number of fused-ring (bicyclic) bond motifs is 1. The predicted molar refractivity (Wildman–Crippen MR) is 103 cm³/mol. The maximum Gasteiger partial charge on any atom is 0.329 e. The van der Waals surface area contributed by atoms with Gasteiger partial charge in [0.25, 0.3) is 10.0 Å². The number of benzene rings is 2. The summed E-state index contributed by atoms with van der Waals surface area (Å²) in [6.45, 7) is -0.512. The Kier molecular flexibility index (Phi) is 5.59. The predicted octanol–water partition coefficient (Wildman–Crippen LogP) is 2.53. The molecule has 0 saturated carbocycles. The van der Waals surface area contributed by atoms with Crippen molar-refractivity contribution in [3.63, 3.8) is 0 Å². The monoisotopic (exact) mass is 410 g/mol. The molecule has 0 spiro atoms. The van der Waals surface area contributed by atoms with Crippen LogP contribution in [0, 0.1) is 0 Å². The zero-order chi connectivity index (χ0) is 19.6. The average molecular weight is 411 g/mol. The van der Waals surface area contributed by atoms with Crippen molar-refractivity contribution in [3.05, 3.63) is 53.1 Å². The number of para-hydroxylation sites is 1. The third-order valence-electron chi connectivity index (χ3n) is 4.37. The van der Waals surface area contributed by atoms with Gasteiger partial charge in [0.1, 0.15) is 6.61 Å². The molecule has 7 nitrogen and oxygen atoms in total. The topological polar surface area (TPSA) is 110 Å². The normalized spacial score (nSPS) is 16.8.